The summed E-state index contributed by atoms with van der Waals surface area (Å²) < 4.78 is 68.6. The Labute approximate surface area is 600 Å². The van der Waals surface area contributed by atoms with Gasteiger partial charge in [-0.1, -0.05) is 363 Å². The molecular weight excluding hydrogens is 1280 g/mol. The van der Waals surface area contributed by atoms with E-state index in [1.54, 1.807) is 0 Å². The van der Waals surface area contributed by atoms with Gasteiger partial charge in [0.25, 0.3) is 0 Å². The predicted octanol–water partition coefficient (Wildman–Crippen LogP) is 23.5. The molecule has 582 valence electrons. The van der Waals surface area contributed by atoms with Gasteiger partial charge in [0, 0.05) is 25.7 Å². The van der Waals surface area contributed by atoms with Crippen molar-refractivity contribution in [2.45, 2.75) is 432 Å². The van der Waals surface area contributed by atoms with Crippen LogP contribution >= 0.6 is 15.6 Å². The molecule has 0 aliphatic carbocycles. The van der Waals surface area contributed by atoms with Crippen molar-refractivity contribution in [2.75, 3.05) is 39.6 Å². The van der Waals surface area contributed by atoms with E-state index in [2.05, 4.69) is 41.5 Å². The van der Waals surface area contributed by atoms with E-state index in [-0.39, 0.29) is 25.7 Å². The van der Waals surface area contributed by atoms with Gasteiger partial charge in [-0.3, -0.25) is 37.3 Å². The molecule has 2 unspecified atom stereocenters. The first-order chi connectivity index (χ1) is 47.4. The number of rotatable bonds is 78. The standard InChI is InChI=1S/C79H154O17P2/c1-7-9-11-13-15-17-19-21-23-24-25-27-31-36-40-44-52-58-63-78(83)95-74(67-89-76(81)61-55-49-42-38-34-32-28-29-33-37-41-47-53-59-71(3)4)69-93-97(85,86)91-65-73(80)66-92-98(87,88)94-70-75(68-90-77(82)62-56-50-46-45-48-54-60-72(5)6)96-79(84)64-57-51-43-39-35-30-26-22-20-18-16-14-12-10-8-2/h71-75,80H,7-70H2,1-6H3,(H,85,86)(H,87,88)/t73-,74-,75-/m1/s1. The second kappa shape index (κ2) is 70.7. The molecular formula is C79H154O17P2. The highest BCUT2D eigenvalue weighted by molar-refractivity contribution is 7.47. The molecule has 17 nitrogen and oxygen atoms in total. The van der Waals surface area contributed by atoms with Crippen molar-refractivity contribution in [1.29, 1.82) is 0 Å². The average molecular weight is 1440 g/mol. The molecule has 0 aromatic carbocycles. The molecule has 5 atom stereocenters. The molecule has 19 heteroatoms. The quantitative estimate of drug-likeness (QED) is 0.0222. The Morgan fingerprint density at radius 1 is 0.276 bits per heavy atom. The van der Waals surface area contributed by atoms with Crippen molar-refractivity contribution < 1.29 is 80.2 Å². The van der Waals surface area contributed by atoms with Crippen LogP contribution in [-0.2, 0) is 65.4 Å². The number of unbranched alkanes of at least 4 members (excludes halogenated alkanes) is 48. The third-order valence-electron chi connectivity index (χ3n) is 18.5. The van der Waals surface area contributed by atoms with Crippen molar-refractivity contribution in [3.05, 3.63) is 0 Å². The van der Waals surface area contributed by atoms with Crippen molar-refractivity contribution in [3.63, 3.8) is 0 Å². The maximum atomic E-state index is 13.1. The maximum absolute atomic E-state index is 13.1. The van der Waals surface area contributed by atoms with Crippen molar-refractivity contribution in [1.82, 2.24) is 0 Å². The molecule has 0 bridgehead atoms. The molecule has 0 aromatic rings. The van der Waals surface area contributed by atoms with Gasteiger partial charge < -0.3 is 33.8 Å². The van der Waals surface area contributed by atoms with E-state index in [4.69, 9.17) is 37.0 Å². The Balaban J connectivity index is 5.23. The van der Waals surface area contributed by atoms with E-state index in [0.29, 0.717) is 31.6 Å². The number of aliphatic hydroxyl groups is 1. The first kappa shape index (κ1) is 96.1. The summed E-state index contributed by atoms with van der Waals surface area (Å²) in [6.45, 7) is 9.56. The summed E-state index contributed by atoms with van der Waals surface area (Å²) >= 11 is 0. The van der Waals surface area contributed by atoms with Gasteiger partial charge in [-0.05, 0) is 37.5 Å². The van der Waals surface area contributed by atoms with E-state index in [9.17, 15) is 43.2 Å². The Bertz CT molecular complexity index is 1890. The lowest BCUT2D eigenvalue weighted by Crippen LogP contribution is -2.30. The van der Waals surface area contributed by atoms with Gasteiger partial charge in [0.2, 0.25) is 0 Å². The summed E-state index contributed by atoms with van der Waals surface area (Å²) in [5.41, 5.74) is 0. The molecule has 98 heavy (non-hydrogen) atoms. The molecule has 3 N–H and O–H groups in total. The number of ether oxygens (including phenoxy) is 4. The van der Waals surface area contributed by atoms with Gasteiger partial charge in [0.1, 0.15) is 19.3 Å². The first-order valence-corrected chi connectivity index (χ1v) is 44.0. The maximum Gasteiger partial charge on any atom is 0.472 e. The first-order valence-electron chi connectivity index (χ1n) is 41.0. The van der Waals surface area contributed by atoms with Crippen molar-refractivity contribution >= 4 is 39.5 Å². The van der Waals surface area contributed by atoms with Crippen LogP contribution in [0, 0.1) is 11.8 Å². The van der Waals surface area contributed by atoms with E-state index < -0.39 is 97.5 Å². The molecule has 0 radical (unpaired) electrons. The fourth-order valence-corrected chi connectivity index (χ4v) is 13.8. The van der Waals surface area contributed by atoms with Gasteiger partial charge in [-0.2, -0.15) is 0 Å². The minimum absolute atomic E-state index is 0.107. The lowest BCUT2D eigenvalue weighted by molar-refractivity contribution is -0.161. The highest BCUT2D eigenvalue weighted by Crippen LogP contribution is 2.45. The van der Waals surface area contributed by atoms with Crippen molar-refractivity contribution in [2.24, 2.45) is 11.8 Å². The lowest BCUT2D eigenvalue weighted by Gasteiger charge is -2.21. The third-order valence-corrected chi connectivity index (χ3v) is 20.4. The largest absolute Gasteiger partial charge is 0.472 e. The molecule has 0 aliphatic heterocycles. The van der Waals surface area contributed by atoms with Crippen LogP contribution in [0.1, 0.15) is 414 Å². The van der Waals surface area contributed by atoms with Crippen LogP contribution in [0.15, 0.2) is 0 Å². The summed E-state index contributed by atoms with van der Waals surface area (Å²) in [7, 11) is -9.92. The van der Waals surface area contributed by atoms with Gasteiger partial charge in [0.15, 0.2) is 12.2 Å². The zero-order valence-electron chi connectivity index (χ0n) is 64.1. The summed E-state index contributed by atoms with van der Waals surface area (Å²) in [5, 5.41) is 10.6. The van der Waals surface area contributed by atoms with Gasteiger partial charge >= 0.3 is 39.5 Å². The normalized spacial score (nSPS) is 13.9. The molecule has 0 spiro atoms. The van der Waals surface area contributed by atoms with Gasteiger partial charge in [-0.25, -0.2) is 9.13 Å². The summed E-state index contributed by atoms with van der Waals surface area (Å²) in [6.07, 6.45) is 59.8. The molecule has 0 fully saturated rings. The number of carbonyl (C=O) groups excluding carboxylic acids is 4. The molecule has 0 saturated carbocycles. The second-order valence-corrected chi connectivity index (χ2v) is 32.3. The van der Waals surface area contributed by atoms with E-state index in [1.165, 1.54) is 225 Å². The van der Waals surface area contributed by atoms with Crippen molar-refractivity contribution in [3.8, 4) is 0 Å². The minimum Gasteiger partial charge on any atom is -0.462 e. The number of carbonyl (C=O) groups is 4. The smallest absolute Gasteiger partial charge is 0.462 e. The van der Waals surface area contributed by atoms with E-state index >= 15 is 0 Å². The monoisotopic (exact) mass is 1440 g/mol. The van der Waals surface area contributed by atoms with E-state index in [1.807, 2.05) is 0 Å². The topological polar surface area (TPSA) is 237 Å². The van der Waals surface area contributed by atoms with Crippen LogP contribution in [0.5, 0.6) is 0 Å². The van der Waals surface area contributed by atoms with Crippen LogP contribution in [0.2, 0.25) is 0 Å². The zero-order chi connectivity index (χ0) is 72.1. The van der Waals surface area contributed by atoms with Gasteiger partial charge in [-0.15, -0.1) is 0 Å². The lowest BCUT2D eigenvalue weighted by atomic mass is 10.0. The Morgan fingerprint density at radius 2 is 0.469 bits per heavy atom. The molecule has 0 aromatic heterocycles. The average Bonchev–Trinajstić information content (AvgIpc) is 1.95. The number of aliphatic hydroxyl groups excluding tert-OH is 1. The van der Waals surface area contributed by atoms with Gasteiger partial charge in [0.05, 0.1) is 26.4 Å². The summed E-state index contributed by atoms with van der Waals surface area (Å²) in [5.74, 6) is -0.641. The highest BCUT2D eigenvalue weighted by Gasteiger charge is 2.30. The highest BCUT2D eigenvalue weighted by atomic mass is 31.2. The summed E-state index contributed by atoms with van der Waals surface area (Å²) in [6, 6.07) is 0. The third kappa shape index (κ3) is 72.4. The molecule has 0 amide bonds. The van der Waals surface area contributed by atoms with Crippen LogP contribution in [-0.4, -0.2) is 96.7 Å². The fraction of sp³-hybridized carbons (Fsp3) is 0.949. The minimum atomic E-state index is -4.96. The van der Waals surface area contributed by atoms with Crippen LogP contribution in [0.25, 0.3) is 0 Å². The second-order valence-electron chi connectivity index (χ2n) is 29.4. The number of phosphoric ester groups is 2. The number of esters is 4. The Kier molecular flexibility index (Phi) is 69.3. The zero-order valence-corrected chi connectivity index (χ0v) is 65.9. The van der Waals surface area contributed by atoms with Crippen LogP contribution in [0.4, 0.5) is 0 Å². The SMILES string of the molecule is CCCCCCCCCCCCCCCCCCCCC(=O)O[C@H](COC(=O)CCCCCCCCCCCCCCCC(C)C)COP(=O)(O)OC[C@@H](O)COP(=O)(O)OC[C@@H](COC(=O)CCCCCCCCC(C)C)OC(=O)CCCCCCCCCCCCCCCCC. The Hall–Kier alpha value is -1.94. The molecule has 0 saturated heterocycles. The summed E-state index contributed by atoms with van der Waals surface area (Å²) in [4.78, 5) is 72.9. The van der Waals surface area contributed by atoms with Crippen LogP contribution in [0.3, 0.4) is 0 Å². The fourth-order valence-electron chi connectivity index (χ4n) is 12.2. The van der Waals surface area contributed by atoms with E-state index in [0.717, 1.165) is 102 Å². The van der Waals surface area contributed by atoms with Crippen LogP contribution < -0.4 is 0 Å². The molecule has 0 aliphatic rings. The number of hydrogen-bond acceptors (Lipinski definition) is 15. The molecule has 0 rings (SSSR count). The predicted molar refractivity (Wildman–Crippen MR) is 400 cm³/mol. The number of hydrogen-bond donors (Lipinski definition) is 3. The number of phosphoric acid groups is 2. The Morgan fingerprint density at radius 3 is 0.694 bits per heavy atom. The molecule has 0 heterocycles.